The van der Waals surface area contributed by atoms with Gasteiger partial charge in [0.1, 0.15) is 11.6 Å². The number of hydrogen-bond donors (Lipinski definition) is 2. The van der Waals surface area contributed by atoms with Crippen LogP contribution in [0.3, 0.4) is 0 Å². The molecule has 0 heterocycles. The van der Waals surface area contributed by atoms with Crippen LogP contribution in [0.1, 0.15) is 11.1 Å². The van der Waals surface area contributed by atoms with Crippen LogP contribution >= 0.6 is 0 Å². The number of rotatable bonds is 5. The molecule has 4 nitrogen and oxygen atoms in total. The van der Waals surface area contributed by atoms with Crippen LogP contribution in [0.2, 0.25) is 0 Å². The first kappa shape index (κ1) is 15.8. The lowest BCUT2D eigenvalue weighted by Gasteiger charge is -2.12. The van der Waals surface area contributed by atoms with Crippen molar-refractivity contribution in [2.75, 3.05) is 24.3 Å². The molecule has 2 aromatic carbocycles. The lowest BCUT2D eigenvalue weighted by atomic mass is 10.2. The van der Waals surface area contributed by atoms with Crippen molar-refractivity contribution in [2.24, 2.45) is 0 Å². The van der Waals surface area contributed by atoms with E-state index in [9.17, 15) is 9.18 Å². The number of benzene rings is 2. The molecule has 1 amide bonds. The average molecular weight is 302 g/mol. The number of ether oxygens (including phenoxy) is 1. The Morgan fingerprint density at radius 3 is 2.64 bits per heavy atom. The van der Waals surface area contributed by atoms with Gasteiger partial charge in [-0.1, -0.05) is 12.1 Å². The Balaban J connectivity index is 1.98. The second-order valence-electron chi connectivity index (χ2n) is 5.07. The highest BCUT2D eigenvalue weighted by Gasteiger charge is 2.08. The minimum Gasteiger partial charge on any atom is -0.495 e. The quantitative estimate of drug-likeness (QED) is 0.888. The number of carbonyl (C=O) groups is 1. The molecule has 0 aliphatic carbocycles. The first-order chi connectivity index (χ1) is 10.5. The van der Waals surface area contributed by atoms with Crippen molar-refractivity contribution in [2.45, 2.75) is 13.8 Å². The highest BCUT2D eigenvalue weighted by Crippen LogP contribution is 2.25. The molecule has 0 fully saturated rings. The molecule has 0 unspecified atom stereocenters. The van der Waals surface area contributed by atoms with Crippen LogP contribution in [0.5, 0.6) is 5.75 Å². The molecule has 116 valence electrons. The fourth-order valence-corrected chi connectivity index (χ4v) is 2.00. The van der Waals surface area contributed by atoms with Crippen molar-refractivity contribution in [3.05, 3.63) is 53.3 Å². The van der Waals surface area contributed by atoms with Gasteiger partial charge in [-0.05, 0) is 49.2 Å². The summed E-state index contributed by atoms with van der Waals surface area (Å²) >= 11 is 0. The molecular formula is C17H19FN2O2. The van der Waals surface area contributed by atoms with Crippen LogP contribution in [0, 0.1) is 19.7 Å². The maximum atomic E-state index is 13.4. The van der Waals surface area contributed by atoms with E-state index in [1.54, 1.807) is 32.2 Å². The lowest BCUT2D eigenvalue weighted by Crippen LogP contribution is -2.22. The molecule has 0 atom stereocenters. The van der Waals surface area contributed by atoms with E-state index in [-0.39, 0.29) is 18.3 Å². The molecule has 0 aliphatic rings. The fourth-order valence-electron chi connectivity index (χ4n) is 2.00. The molecule has 2 N–H and O–H groups in total. The van der Waals surface area contributed by atoms with Crippen LogP contribution in [0.25, 0.3) is 0 Å². The molecule has 2 aromatic rings. The predicted molar refractivity (Wildman–Crippen MR) is 86.0 cm³/mol. The smallest absolute Gasteiger partial charge is 0.243 e. The van der Waals surface area contributed by atoms with Gasteiger partial charge in [-0.2, -0.15) is 0 Å². The van der Waals surface area contributed by atoms with Gasteiger partial charge in [0.05, 0.1) is 19.3 Å². The average Bonchev–Trinajstić information content (AvgIpc) is 2.49. The standard InChI is InChI=1S/C17H19FN2O2/c1-11-4-7-16(22-3)15(8-11)20-17(21)10-19-13-6-5-12(2)14(18)9-13/h4-9,19H,10H2,1-3H3,(H,20,21). The van der Waals surface area contributed by atoms with Crippen molar-refractivity contribution in [3.8, 4) is 5.75 Å². The van der Waals surface area contributed by atoms with Gasteiger partial charge in [-0.3, -0.25) is 4.79 Å². The minimum absolute atomic E-state index is 0.0413. The van der Waals surface area contributed by atoms with Crippen molar-refractivity contribution in [3.63, 3.8) is 0 Å². The molecule has 2 rings (SSSR count). The van der Waals surface area contributed by atoms with E-state index in [0.29, 0.717) is 22.7 Å². The Morgan fingerprint density at radius 1 is 1.18 bits per heavy atom. The zero-order valence-electron chi connectivity index (χ0n) is 12.9. The first-order valence-electron chi connectivity index (χ1n) is 6.94. The highest BCUT2D eigenvalue weighted by molar-refractivity contribution is 5.95. The Labute approximate surface area is 129 Å². The summed E-state index contributed by atoms with van der Waals surface area (Å²) in [5.74, 6) is 0.0657. The Morgan fingerprint density at radius 2 is 1.95 bits per heavy atom. The number of aryl methyl sites for hydroxylation is 2. The summed E-state index contributed by atoms with van der Waals surface area (Å²) in [7, 11) is 1.55. The maximum absolute atomic E-state index is 13.4. The van der Waals surface area contributed by atoms with E-state index in [1.165, 1.54) is 6.07 Å². The third kappa shape index (κ3) is 3.97. The highest BCUT2D eigenvalue weighted by atomic mass is 19.1. The summed E-state index contributed by atoms with van der Waals surface area (Å²) < 4.78 is 18.6. The number of anilines is 2. The molecule has 5 heteroatoms. The summed E-state index contributed by atoms with van der Waals surface area (Å²) in [5.41, 5.74) is 2.77. The summed E-state index contributed by atoms with van der Waals surface area (Å²) in [4.78, 5) is 12.0. The van der Waals surface area contributed by atoms with E-state index < -0.39 is 0 Å². The van der Waals surface area contributed by atoms with Gasteiger partial charge >= 0.3 is 0 Å². The van der Waals surface area contributed by atoms with Gasteiger partial charge in [0.2, 0.25) is 5.91 Å². The van der Waals surface area contributed by atoms with Gasteiger partial charge in [0.15, 0.2) is 0 Å². The van der Waals surface area contributed by atoms with Crippen LogP contribution in [-0.4, -0.2) is 19.6 Å². The molecule has 0 saturated carbocycles. The Bertz CT molecular complexity index is 686. The zero-order valence-corrected chi connectivity index (χ0v) is 12.9. The third-order valence-electron chi connectivity index (χ3n) is 3.25. The van der Waals surface area contributed by atoms with Crippen LogP contribution in [0.15, 0.2) is 36.4 Å². The monoisotopic (exact) mass is 302 g/mol. The molecule has 0 bridgehead atoms. The van der Waals surface area contributed by atoms with E-state index in [1.807, 2.05) is 19.1 Å². The first-order valence-corrected chi connectivity index (χ1v) is 6.94. The van der Waals surface area contributed by atoms with Crippen molar-refractivity contribution < 1.29 is 13.9 Å². The summed E-state index contributed by atoms with van der Waals surface area (Å²) in [6.45, 7) is 3.66. The number of methoxy groups -OCH3 is 1. The van der Waals surface area contributed by atoms with Gasteiger partial charge in [0, 0.05) is 5.69 Å². The fraction of sp³-hybridized carbons (Fsp3) is 0.235. The second kappa shape index (κ2) is 6.93. The van der Waals surface area contributed by atoms with E-state index in [2.05, 4.69) is 10.6 Å². The number of nitrogens with one attached hydrogen (secondary N) is 2. The number of carbonyl (C=O) groups excluding carboxylic acids is 1. The van der Waals surface area contributed by atoms with Crippen molar-refractivity contribution in [1.82, 2.24) is 0 Å². The molecule has 0 aromatic heterocycles. The number of hydrogen-bond acceptors (Lipinski definition) is 3. The lowest BCUT2D eigenvalue weighted by molar-refractivity contribution is -0.114. The maximum Gasteiger partial charge on any atom is 0.243 e. The SMILES string of the molecule is COc1ccc(C)cc1NC(=O)CNc1ccc(C)c(F)c1. The molecule has 0 spiro atoms. The van der Waals surface area contributed by atoms with Crippen molar-refractivity contribution in [1.29, 1.82) is 0 Å². The largest absolute Gasteiger partial charge is 0.495 e. The van der Waals surface area contributed by atoms with Crippen molar-refractivity contribution >= 4 is 17.3 Å². The second-order valence-corrected chi connectivity index (χ2v) is 5.07. The van der Waals surface area contributed by atoms with Crippen LogP contribution < -0.4 is 15.4 Å². The minimum atomic E-state index is -0.300. The van der Waals surface area contributed by atoms with Gasteiger partial charge < -0.3 is 15.4 Å². The predicted octanol–water partition coefficient (Wildman–Crippen LogP) is 3.50. The van der Waals surface area contributed by atoms with E-state index in [0.717, 1.165) is 5.56 Å². The van der Waals surface area contributed by atoms with Gasteiger partial charge in [-0.25, -0.2) is 4.39 Å². The van der Waals surface area contributed by atoms with Gasteiger partial charge in [0.25, 0.3) is 0 Å². The molecule has 0 radical (unpaired) electrons. The topological polar surface area (TPSA) is 50.4 Å². The molecular weight excluding hydrogens is 283 g/mol. The summed E-state index contributed by atoms with van der Waals surface area (Å²) in [6.07, 6.45) is 0. The van der Waals surface area contributed by atoms with E-state index >= 15 is 0 Å². The zero-order chi connectivity index (χ0) is 16.1. The van der Waals surface area contributed by atoms with Crippen LogP contribution in [0.4, 0.5) is 15.8 Å². The van der Waals surface area contributed by atoms with Gasteiger partial charge in [-0.15, -0.1) is 0 Å². The van der Waals surface area contributed by atoms with Crippen LogP contribution in [-0.2, 0) is 4.79 Å². The molecule has 0 aliphatic heterocycles. The molecule has 0 saturated heterocycles. The Hall–Kier alpha value is -2.56. The normalized spacial score (nSPS) is 10.2. The third-order valence-corrected chi connectivity index (χ3v) is 3.25. The number of amides is 1. The Kier molecular flexibility index (Phi) is 4.99. The number of halogens is 1. The molecule has 22 heavy (non-hydrogen) atoms. The summed E-state index contributed by atoms with van der Waals surface area (Å²) in [6, 6.07) is 10.3. The summed E-state index contributed by atoms with van der Waals surface area (Å²) in [5, 5.41) is 5.67. The van der Waals surface area contributed by atoms with E-state index in [4.69, 9.17) is 4.74 Å².